The van der Waals surface area contributed by atoms with Crippen molar-refractivity contribution < 1.29 is 4.79 Å². The third kappa shape index (κ3) is 5.51. The number of carbonyl (C=O) groups excluding carboxylic acids is 1. The van der Waals surface area contributed by atoms with Gasteiger partial charge in [0, 0.05) is 22.0 Å². The summed E-state index contributed by atoms with van der Waals surface area (Å²) < 4.78 is 2.00. The number of anilines is 1. The van der Waals surface area contributed by atoms with Gasteiger partial charge < -0.3 is 9.88 Å². The SMILES string of the molecule is Cc1nc(NC(=O)CSc2nnc(-c3ccc(Cl)cc3Cl)n2CC(C)C)sc1C. The second-order valence-electron chi connectivity index (χ2n) is 6.93. The maximum Gasteiger partial charge on any atom is 0.236 e. The molecule has 6 nitrogen and oxygen atoms in total. The standard InChI is InChI=1S/C19H21Cl2N5OS2/c1-10(2)8-26-17(14-6-5-13(20)7-15(14)21)24-25-19(26)28-9-16(27)23-18-22-11(3)12(4)29-18/h5-7,10H,8-9H2,1-4H3,(H,22,23,27). The highest BCUT2D eigenvalue weighted by atomic mass is 35.5. The van der Waals surface area contributed by atoms with Gasteiger partial charge in [0.1, 0.15) is 0 Å². The fourth-order valence-electron chi connectivity index (χ4n) is 2.61. The van der Waals surface area contributed by atoms with E-state index < -0.39 is 0 Å². The highest BCUT2D eigenvalue weighted by Crippen LogP contribution is 2.32. The van der Waals surface area contributed by atoms with Crippen molar-refractivity contribution >= 4 is 57.3 Å². The summed E-state index contributed by atoms with van der Waals surface area (Å²) in [5, 5.41) is 13.8. The number of aromatic nitrogens is 4. The molecule has 0 fully saturated rings. The molecule has 3 aromatic rings. The first-order valence-electron chi connectivity index (χ1n) is 9.00. The molecule has 1 amide bonds. The van der Waals surface area contributed by atoms with Crippen LogP contribution in [-0.2, 0) is 11.3 Å². The lowest BCUT2D eigenvalue weighted by Crippen LogP contribution is -2.15. The summed E-state index contributed by atoms with van der Waals surface area (Å²) in [4.78, 5) is 17.8. The predicted octanol–water partition coefficient (Wildman–Crippen LogP) is 5.71. The summed E-state index contributed by atoms with van der Waals surface area (Å²) in [7, 11) is 0. The van der Waals surface area contributed by atoms with Crippen molar-refractivity contribution in [2.24, 2.45) is 5.92 Å². The van der Waals surface area contributed by atoms with Gasteiger partial charge in [0.15, 0.2) is 16.1 Å². The molecule has 0 spiro atoms. The number of aryl methyl sites for hydroxylation is 2. The lowest BCUT2D eigenvalue weighted by molar-refractivity contribution is -0.113. The van der Waals surface area contributed by atoms with Crippen LogP contribution >= 0.6 is 46.3 Å². The zero-order chi connectivity index (χ0) is 21.1. The molecule has 0 radical (unpaired) electrons. The Hall–Kier alpha value is -1.61. The topological polar surface area (TPSA) is 72.7 Å². The molecular formula is C19H21Cl2N5OS2. The molecule has 2 aromatic heterocycles. The van der Waals surface area contributed by atoms with Crippen LogP contribution < -0.4 is 5.32 Å². The lowest BCUT2D eigenvalue weighted by Gasteiger charge is -2.13. The van der Waals surface area contributed by atoms with Gasteiger partial charge >= 0.3 is 0 Å². The van der Waals surface area contributed by atoms with E-state index in [1.807, 2.05) is 24.5 Å². The van der Waals surface area contributed by atoms with Crippen molar-refractivity contribution in [3.63, 3.8) is 0 Å². The summed E-state index contributed by atoms with van der Waals surface area (Å²) in [6, 6.07) is 5.29. The van der Waals surface area contributed by atoms with E-state index in [-0.39, 0.29) is 11.7 Å². The molecule has 0 saturated heterocycles. The monoisotopic (exact) mass is 469 g/mol. The Balaban J connectivity index is 1.78. The predicted molar refractivity (Wildman–Crippen MR) is 121 cm³/mol. The first-order chi connectivity index (χ1) is 13.7. The number of hydrogen-bond donors (Lipinski definition) is 1. The molecule has 0 unspecified atom stereocenters. The molecule has 29 heavy (non-hydrogen) atoms. The summed E-state index contributed by atoms with van der Waals surface area (Å²) >= 11 is 15.2. The second kappa shape index (κ2) is 9.47. The van der Waals surface area contributed by atoms with E-state index >= 15 is 0 Å². The van der Waals surface area contributed by atoms with Crippen LogP contribution in [0.2, 0.25) is 10.0 Å². The average molecular weight is 470 g/mol. The Morgan fingerprint density at radius 3 is 2.66 bits per heavy atom. The van der Waals surface area contributed by atoms with Gasteiger partial charge in [-0.15, -0.1) is 21.5 Å². The quantitative estimate of drug-likeness (QED) is 0.448. The van der Waals surface area contributed by atoms with Crippen molar-refractivity contribution in [3.8, 4) is 11.4 Å². The van der Waals surface area contributed by atoms with Crippen LogP contribution in [0.4, 0.5) is 5.13 Å². The largest absolute Gasteiger partial charge is 0.302 e. The summed E-state index contributed by atoms with van der Waals surface area (Å²) in [5.74, 6) is 1.11. The maximum absolute atomic E-state index is 12.3. The zero-order valence-corrected chi connectivity index (χ0v) is 19.6. The van der Waals surface area contributed by atoms with E-state index in [0.29, 0.717) is 38.6 Å². The zero-order valence-electron chi connectivity index (χ0n) is 16.5. The van der Waals surface area contributed by atoms with Gasteiger partial charge in [0.05, 0.1) is 16.5 Å². The molecule has 3 rings (SSSR count). The van der Waals surface area contributed by atoms with E-state index in [1.54, 1.807) is 12.1 Å². The summed E-state index contributed by atoms with van der Waals surface area (Å²) in [5.41, 5.74) is 1.69. The number of rotatable bonds is 7. The van der Waals surface area contributed by atoms with Gasteiger partial charge in [-0.1, -0.05) is 48.8 Å². The van der Waals surface area contributed by atoms with Crippen molar-refractivity contribution in [1.29, 1.82) is 0 Å². The minimum atomic E-state index is -0.131. The molecule has 0 aliphatic rings. The molecule has 154 valence electrons. The molecule has 2 heterocycles. The normalized spacial score (nSPS) is 11.3. The van der Waals surface area contributed by atoms with Crippen molar-refractivity contribution in [3.05, 3.63) is 38.8 Å². The maximum atomic E-state index is 12.3. The second-order valence-corrected chi connectivity index (χ2v) is 9.92. The number of carbonyl (C=O) groups is 1. The molecule has 1 aromatic carbocycles. The van der Waals surface area contributed by atoms with E-state index in [9.17, 15) is 4.79 Å². The Morgan fingerprint density at radius 1 is 1.28 bits per heavy atom. The Labute approximate surface area is 188 Å². The van der Waals surface area contributed by atoms with Crippen LogP contribution in [0.1, 0.15) is 24.4 Å². The van der Waals surface area contributed by atoms with Gasteiger partial charge in [-0.05, 0) is 38.0 Å². The third-order valence-corrected chi connectivity index (χ3v) is 6.55. The highest BCUT2D eigenvalue weighted by Gasteiger charge is 2.19. The number of amides is 1. The molecule has 0 bridgehead atoms. The Kier molecular flexibility index (Phi) is 7.21. The van der Waals surface area contributed by atoms with E-state index in [0.717, 1.165) is 16.1 Å². The molecule has 10 heteroatoms. The van der Waals surface area contributed by atoms with Crippen LogP contribution in [-0.4, -0.2) is 31.4 Å². The van der Waals surface area contributed by atoms with Crippen LogP contribution in [0.15, 0.2) is 23.4 Å². The highest BCUT2D eigenvalue weighted by molar-refractivity contribution is 7.99. The van der Waals surface area contributed by atoms with Crippen molar-refractivity contribution in [2.45, 2.75) is 39.4 Å². The molecule has 1 N–H and O–H groups in total. The Bertz CT molecular complexity index is 1010. The lowest BCUT2D eigenvalue weighted by atomic mass is 10.2. The van der Waals surface area contributed by atoms with Crippen LogP contribution in [0.25, 0.3) is 11.4 Å². The minimum Gasteiger partial charge on any atom is -0.302 e. The molecule has 0 aliphatic carbocycles. The summed E-state index contributed by atoms with van der Waals surface area (Å²) in [6.45, 7) is 8.84. The Morgan fingerprint density at radius 2 is 2.03 bits per heavy atom. The van der Waals surface area contributed by atoms with Gasteiger partial charge in [-0.25, -0.2) is 4.98 Å². The number of hydrogen-bond acceptors (Lipinski definition) is 6. The van der Waals surface area contributed by atoms with Crippen LogP contribution in [0, 0.1) is 19.8 Å². The first kappa shape index (κ1) is 22.1. The van der Waals surface area contributed by atoms with Crippen LogP contribution in [0.5, 0.6) is 0 Å². The van der Waals surface area contributed by atoms with E-state index in [1.165, 1.54) is 23.1 Å². The van der Waals surface area contributed by atoms with Crippen molar-refractivity contribution in [2.75, 3.05) is 11.1 Å². The minimum absolute atomic E-state index is 0.131. The number of nitrogens with zero attached hydrogens (tertiary/aromatic N) is 4. The fraction of sp³-hybridized carbons (Fsp3) is 0.368. The molecule has 0 atom stereocenters. The number of thioether (sulfide) groups is 1. The third-order valence-electron chi connectivity index (χ3n) is 4.04. The summed E-state index contributed by atoms with van der Waals surface area (Å²) in [6.07, 6.45) is 0. The van der Waals surface area contributed by atoms with Gasteiger partial charge in [-0.2, -0.15) is 0 Å². The first-order valence-corrected chi connectivity index (χ1v) is 11.6. The number of benzene rings is 1. The van der Waals surface area contributed by atoms with Gasteiger partial charge in [0.25, 0.3) is 0 Å². The number of halogens is 2. The van der Waals surface area contributed by atoms with Crippen molar-refractivity contribution in [1.82, 2.24) is 19.7 Å². The average Bonchev–Trinajstić information content (AvgIpc) is 3.15. The fourth-order valence-corrected chi connectivity index (χ4v) is 4.68. The molecule has 0 aliphatic heterocycles. The molecule has 0 saturated carbocycles. The van der Waals surface area contributed by atoms with Crippen LogP contribution in [0.3, 0.4) is 0 Å². The van der Waals surface area contributed by atoms with E-state index in [4.69, 9.17) is 23.2 Å². The molecular weight excluding hydrogens is 449 g/mol. The van der Waals surface area contributed by atoms with E-state index in [2.05, 4.69) is 34.3 Å². The van der Waals surface area contributed by atoms with Gasteiger partial charge in [-0.3, -0.25) is 4.79 Å². The van der Waals surface area contributed by atoms with Gasteiger partial charge in [0.2, 0.25) is 5.91 Å². The number of thiazole rings is 1. The smallest absolute Gasteiger partial charge is 0.236 e. The number of nitrogens with one attached hydrogen (secondary N) is 1.